The monoisotopic (exact) mass is 289 g/mol. The molecule has 0 aliphatic carbocycles. The molecule has 2 saturated heterocycles. The topological polar surface area (TPSA) is 28.5 Å². The van der Waals surface area contributed by atoms with E-state index in [0.29, 0.717) is 0 Å². The number of nitrogens with zero attached hydrogens (tertiary/aromatic N) is 3. The van der Waals surface area contributed by atoms with E-state index in [2.05, 4.69) is 15.5 Å². The summed E-state index contributed by atoms with van der Waals surface area (Å²) in [6, 6.07) is 4.14. The molecule has 0 saturated carbocycles. The highest BCUT2D eigenvalue weighted by Gasteiger charge is 2.22. The van der Waals surface area contributed by atoms with Crippen LogP contribution in [0.15, 0.2) is 12.1 Å². The van der Waals surface area contributed by atoms with Gasteiger partial charge in [0, 0.05) is 32.4 Å². The molecule has 0 radical (unpaired) electrons. The van der Waals surface area contributed by atoms with Gasteiger partial charge in [-0.25, -0.2) is 0 Å². The largest absolute Gasteiger partial charge is 0.342 e. The minimum Gasteiger partial charge on any atom is -0.342 e. The highest BCUT2D eigenvalue weighted by atomic mass is 16.2. The Morgan fingerprint density at radius 2 is 1.57 bits per heavy atom. The predicted octanol–water partition coefficient (Wildman–Crippen LogP) is 2.64. The van der Waals surface area contributed by atoms with Crippen LogP contribution < -0.4 is 0 Å². The Labute approximate surface area is 127 Å². The number of likely N-dealkylation sites (tertiary alicyclic amines) is 2. The zero-order valence-electron chi connectivity index (χ0n) is 13.2. The number of aromatic nitrogens is 1. The Morgan fingerprint density at radius 1 is 0.952 bits per heavy atom. The summed E-state index contributed by atoms with van der Waals surface area (Å²) in [6.07, 6.45) is 7.65. The van der Waals surface area contributed by atoms with Crippen molar-refractivity contribution < 1.29 is 4.79 Å². The lowest BCUT2D eigenvalue weighted by Crippen LogP contribution is -2.30. The molecule has 21 heavy (non-hydrogen) atoms. The second-order valence-electron chi connectivity index (χ2n) is 6.46. The van der Waals surface area contributed by atoms with Crippen molar-refractivity contribution in [1.29, 1.82) is 0 Å². The third-order valence-corrected chi connectivity index (χ3v) is 4.92. The normalized spacial score (nSPS) is 20.7. The van der Waals surface area contributed by atoms with Gasteiger partial charge in [0.2, 0.25) is 0 Å². The zero-order chi connectivity index (χ0) is 14.7. The molecule has 1 aromatic rings. The Hall–Kier alpha value is -1.29. The number of carbonyl (C=O) groups excluding carboxylic acids is 1. The van der Waals surface area contributed by atoms with Crippen molar-refractivity contribution in [1.82, 2.24) is 14.4 Å². The standard InChI is InChI=1S/C17H27N3O/c1-18-15(14-19-10-4-2-3-5-11-19)8-9-16(18)17(21)20-12-6-7-13-20/h8-9H,2-7,10-14H2,1H3. The van der Waals surface area contributed by atoms with Gasteiger partial charge in [-0.05, 0) is 50.9 Å². The molecule has 0 spiro atoms. The molecular weight excluding hydrogens is 262 g/mol. The summed E-state index contributed by atoms with van der Waals surface area (Å²) in [4.78, 5) is 17.0. The van der Waals surface area contributed by atoms with Gasteiger partial charge in [0.15, 0.2) is 0 Å². The van der Waals surface area contributed by atoms with Gasteiger partial charge < -0.3 is 9.47 Å². The summed E-state index contributed by atoms with van der Waals surface area (Å²) in [5.74, 6) is 0.206. The number of hydrogen-bond acceptors (Lipinski definition) is 2. The number of carbonyl (C=O) groups is 1. The second kappa shape index (κ2) is 6.65. The minimum atomic E-state index is 0.206. The number of rotatable bonds is 3. The van der Waals surface area contributed by atoms with Crippen LogP contribution in [0.4, 0.5) is 0 Å². The molecule has 3 rings (SSSR count). The van der Waals surface area contributed by atoms with E-state index in [0.717, 1.165) is 38.2 Å². The number of hydrogen-bond donors (Lipinski definition) is 0. The molecule has 0 atom stereocenters. The van der Waals surface area contributed by atoms with E-state index in [9.17, 15) is 4.79 Å². The van der Waals surface area contributed by atoms with Crippen LogP contribution in [-0.4, -0.2) is 46.5 Å². The molecule has 0 N–H and O–H groups in total. The van der Waals surface area contributed by atoms with Crippen LogP contribution in [0.3, 0.4) is 0 Å². The zero-order valence-corrected chi connectivity index (χ0v) is 13.2. The van der Waals surface area contributed by atoms with Gasteiger partial charge in [0.25, 0.3) is 5.91 Å². The highest BCUT2D eigenvalue weighted by Crippen LogP contribution is 2.18. The lowest BCUT2D eigenvalue weighted by Gasteiger charge is -2.21. The van der Waals surface area contributed by atoms with Crippen LogP contribution in [0.1, 0.15) is 54.7 Å². The molecule has 116 valence electrons. The molecule has 0 aromatic carbocycles. The van der Waals surface area contributed by atoms with E-state index < -0.39 is 0 Å². The van der Waals surface area contributed by atoms with Crippen molar-refractivity contribution in [3.05, 3.63) is 23.5 Å². The van der Waals surface area contributed by atoms with Crippen molar-refractivity contribution >= 4 is 5.91 Å². The summed E-state index contributed by atoms with van der Waals surface area (Å²) in [7, 11) is 2.04. The molecule has 0 unspecified atom stereocenters. The molecule has 2 aliphatic heterocycles. The first-order valence-corrected chi connectivity index (χ1v) is 8.42. The smallest absolute Gasteiger partial charge is 0.270 e. The fourth-order valence-corrected chi connectivity index (χ4v) is 3.53. The predicted molar refractivity (Wildman–Crippen MR) is 84.3 cm³/mol. The quantitative estimate of drug-likeness (QED) is 0.856. The van der Waals surface area contributed by atoms with E-state index in [4.69, 9.17) is 0 Å². The molecule has 1 aromatic heterocycles. The maximum Gasteiger partial charge on any atom is 0.270 e. The van der Waals surface area contributed by atoms with Crippen molar-refractivity contribution in [2.45, 2.75) is 45.1 Å². The first kappa shape index (κ1) is 14.6. The minimum absolute atomic E-state index is 0.206. The van der Waals surface area contributed by atoms with Gasteiger partial charge in [0.05, 0.1) is 0 Å². The lowest BCUT2D eigenvalue weighted by molar-refractivity contribution is 0.0782. The van der Waals surface area contributed by atoms with E-state index in [1.165, 1.54) is 44.5 Å². The van der Waals surface area contributed by atoms with Crippen molar-refractivity contribution in [3.8, 4) is 0 Å². The Kier molecular flexibility index (Phi) is 4.63. The van der Waals surface area contributed by atoms with Crippen molar-refractivity contribution in [2.75, 3.05) is 26.2 Å². The first-order chi connectivity index (χ1) is 10.3. The van der Waals surface area contributed by atoms with Gasteiger partial charge >= 0.3 is 0 Å². The molecule has 0 bridgehead atoms. The molecule has 2 aliphatic rings. The van der Waals surface area contributed by atoms with Crippen LogP contribution in [-0.2, 0) is 13.6 Å². The third-order valence-electron chi connectivity index (χ3n) is 4.92. The average Bonchev–Trinajstić information content (AvgIpc) is 3.05. The summed E-state index contributed by atoms with van der Waals surface area (Å²) < 4.78 is 2.10. The summed E-state index contributed by atoms with van der Waals surface area (Å²) in [6.45, 7) is 5.21. The van der Waals surface area contributed by atoms with E-state index in [-0.39, 0.29) is 5.91 Å². The first-order valence-electron chi connectivity index (χ1n) is 8.42. The van der Waals surface area contributed by atoms with Crippen LogP contribution in [0.25, 0.3) is 0 Å². The van der Waals surface area contributed by atoms with Gasteiger partial charge in [-0.15, -0.1) is 0 Å². The van der Waals surface area contributed by atoms with Gasteiger partial charge in [-0.2, -0.15) is 0 Å². The molecule has 4 nitrogen and oxygen atoms in total. The maximum atomic E-state index is 12.5. The average molecular weight is 289 g/mol. The summed E-state index contributed by atoms with van der Waals surface area (Å²) in [5.41, 5.74) is 2.11. The van der Waals surface area contributed by atoms with Crippen LogP contribution in [0.5, 0.6) is 0 Å². The van der Waals surface area contributed by atoms with E-state index in [1.807, 2.05) is 18.0 Å². The van der Waals surface area contributed by atoms with Crippen LogP contribution >= 0.6 is 0 Å². The van der Waals surface area contributed by atoms with Crippen LogP contribution in [0, 0.1) is 0 Å². The SMILES string of the molecule is Cn1c(CN2CCCCCC2)ccc1C(=O)N1CCCC1. The number of amides is 1. The van der Waals surface area contributed by atoms with Crippen molar-refractivity contribution in [3.63, 3.8) is 0 Å². The molecule has 4 heteroatoms. The molecule has 2 fully saturated rings. The Balaban J connectivity index is 1.68. The van der Waals surface area contributed by atoms with E-state index >= 15 is 0 Å². The lowest BCUT2D eigenvalue weighted by atomic mass is 10.2. The fraction of sp³-hybridized carbons (Fsp3) is 0.706. The van der Waals surface area contributed by atoms with Gasteiger partial charge in [-0.1, -0.05) is 12.8 Å². The maximum absolute atomic E-state index is 12.5. The van der Waals surface area contributed by atoms with E-state index in [1.54, 1.807) is 0 Å². The Morgan fingerprint density at radius 3 is 2.24 bits per heavy atom. The summed E-state index contributed by atoms with van der Waals surface area (Å²) in [5, 5.41) is 0. The molecule has 1 amide bonds. The molecular formula is C17H27N3O. The van der Waals surface area contributed by atoms with Crippen LogP contribution in [0.2, 0.25) is 0 Å². The van der Waals surface area contributed by atoms with Crippen molar-refractivity contribution in [2.24, 2.45) is 7.05 Å². The Bertz CT molecular complexity index is 480. The van der Waals surface area contributed by atoms with Gasteiger partial charge in [-0.3, -0.25) is 9.69 Å². The second-order valence-corrected chi connectivity index (χ2v) is 6.46. The highest BCUT2D eigenvalue weighted by molar-refractivity contribution is 5.93. The van der Waals surface area contributed by atoms with Gasteiger partial charge in [0.1, 0.15) is 5.69 Å². The fourth-order valence-electron chi connectivity index (χ4n) is 3.53. The molecule has 3 heterocycles. The summed E-state index contributed by atoms with van der Waals surface area (Å²) >= 11 is 0. The third kappa shape index (κ3) is 3.31.